The minimum Gasteiger partial charge on any atom is -0.465 e. The minimum absolute atomic E-state index is 0.403. The van der Waals surface area contributed by atoms with E-state index in [1.165, 1.54) is 7.11 Å². The van der Waals surface area contributed by atoms with Crippen LogP contribution >= 0.6 is 0 Å². The lowest BCUT2D eigenvalue weighted by Crippen LogP contribution is -2.00. The molecule has 0 saturated heterocycles. The Morgan fingerprint density at radius 2 is 2.33 bits per heavy atom. The van der Waals surface area contributed by atoms with E-state index in [0.29, 0.717) is 29.0 Å². The van der Waals surface area contributed by atoms with Gasteiger partial charge in [-0.05, 0) is 12.1 Å². The molecule has 1 heterocycles. The number of rotatable bonds is 2. The fourth-order valence-electron chi connectivity index (χ4n) is 1.42. The molecule has 0 unspecified atom stereocenters. The topological polar surface area (TPSA) is 52.3 Å². The number of carbonyl (C=O) groups is 1. The maximum atomic E-state index is 11.4. The average molecular weight is 205 g/mol. The van der Waals surface area contributed by atoms with Crippen LogP contribution in [-0.2, 0) is 11.2 Å². The highest BCUT2D eigenvalue weighted by atomic mass is 16.5. The molecule has 0 amide bonds. The van der Waals surface area contributed by atoms with E-state index < -0.39 is 5.97 Å². The number of para-hydroxylation sites is 1. The molecule has 15 heavy (non-hydrogen) atoms. The summed E-state index contributed by atoms with van der Waals surface area (Å²) in [5.74, 6) is 0.223. The number of methoxy groups -OCH3 is 1. The Bertz CT molecular complexity index is 502. The molecule has 2 aromatic rings. The van der Waals surface area contributed by atoms with Gasteiger partial charge in [0.05, 0.1) is 7.11 Å². The Balaban J connectivity index is 2.64. The molecule has 0 saturated carbocycles. The number of nitrogens with zero attached hydrogens (tertiary/aromatic N) is 1. The van der Waals surface area contributed by atoms with Gasteiger partial charge in [-0.3, -0.25) is 0 Å². The van der Waals surface area contributed by atoms with Crippen LogP contribution in [0.4, 0.5) is 0 Å². The maximum absolute atomic E-state index is 11.4. The predicted octanol–water partition coefficient (Wildman–Crippen LogP) is 2.18. The van der Waals surface area contributed by atoms with Crippen LogP contribution in [0.2, 0.25) is 0 Å². The number of benzene rings is 1. The third-order valence-corrected chi connectivity index (χ3v) is 2.17. The highest BCUT2D eigenvalue weighted by molar-refractivity contribution is 6.00. The van der Waals surface area contributed by atoms with Crippen molar-refractivity contribution in [2.75, 3.05) is 7.11 Å². The smallest absolute Gasteiger partial charge is 0.341 e. The highest BCUT2D eigenvalue weighted by Gasteiger charge is 2.14. The quantitative estimate of drug-likeness (QED) is 0.705. The van der Waals surface area contributed by atoms with Crippen LogP contribution in [0.3, 0.4) is 0 Å². The minimum atomic E-state index is -0.403. The van der Waals surface area contributed by atoms with Crippen molar-refractivity contribution in [3.8, 4) is 0 Å². The van der Waals surface area contributed by atoms with Gasteiger partial charge < -0.3 is 9.15 Å². The van der Waals surface area contributed by atoms with Gasteiger partial charge in [-0.25, -0.2) is 9.78 Å². The van der Waals surface area contributed by atoms with Crippen LogP contribution in [0.1, 0.15) is 23.2 Å². The van der Waals surface area contributed by atoms with E-state index in [1.807, 2.05) is 13.0 Å². The van der Waals surface area contributed by atoms with E-state index in [-0.39, 0.29) is 0 Å². The van der Waals surface area contributed by atoms with Gasteiger partial charge in [0.15, 0.2) is 11.5 Å². The van der Waals surface area contributed by atoms with Crippen molar-refractivity contribution in [1.82, 2.24) is 4.98 Å². The summed E-state index contributed by atoms with van der Waals surface area (Å²) in [6.07, 6.45) is 0.704. The second kappa shape index (κ2) is 3.73. The second-order valence-corrected chi connectivity index (χ2v) is 3.11. The van der Waals surface area contributed by atoms with Gasteiger partial charge in [-0.1, -0.05) is 13.0 Å². The number of ether oxygens (including phenoxy) is 1. The Morgan fingerprint density at radius 3 is 3.00 bits per heavy atom. The molecule has 0 aliphatic rings. The third-order valence-electron chi connectivity index (χ3n) is 2.17. The molecule has 0 aliphatic carbocycles. The molecule has 4 heteroatoms. The number of aryl methyl sites for hydroxylation is 1. The van der Waals surface area contributed by atoms with Crippen molar-refractivity contribution in [1.29, 1.82) is 0 Å². The zero-order chi connectivity index (χ0) is 10.8. The fraction of sp³-hybridized carbons (Fsp3) is 0.273. The zero-order valence-electron chi connectivity index (χ0n) is 8.61. The van der Waals surface area contributed by atoms with Gasteiger partial charge in [0, 0.05) is 6.42 Å². The zero-order valence-corrected chi connectivity index (χ0v) is 8.61. The number of hydrogen-bond acceptors (Lipinski definition) is 4. The summed E-state index contributed by atoms with van der Waals surface area (Å²) < 4.78 is 10.1. The van der Waals surface area contributed by atoms with E-state index in [0.717, 1.165) is 0 Å². The largest absolute Gasteiger partial charge is 0.465 e. The standard InChI is InChI=1S/C11H11NO3/c1-3-9-12-8-6-4-5-7(10(8)15-9)11(13)14-2/h4-6H,3H2,1-2H3. The number of fused-ring (bicyclic) bond motifs is 1. The van der Waals surface area contributed by atoms with Crippen molar-refractivity contribution >= 4 is 17.1 Å². The Morgan fingerprint density at radius 1 is 1.53 bits per heavy atom. The van der Waals surface area contributed by atoms with Crippen LogP contribution in [0.5, 0.6) is 0 Å². The summed E-state index contributed by atoms with van der Waals surface area (Å²) in [5, 5.41) is 0. The van der Waals surface area contributed by atoms with Gasteiger partial charge >= 0.3 is 5.97 Å². The molecule has 78 valence electrons. The summed E-state index contributed by atoms with van der Waals surface area (Å²) in [6.45, 7) is 1.95. The SMILES string of the molecule is CCc1nc2cccc(C(=O)OC)c2o1. The van der Waals surface area contributed by atoms with E-state index in [1.54, 1.807) is 12.1 Å². The van der Waals surface area contributed by atoms with E-state index in [4.69, 9.17) is 4.42 Å². The summed E-state index contributed by atoms with van der Waals surface area (Å²) in [5.41, 5.74) is 1.61. The second-order valence-electron chi connectivity index (χ2n) is 3.11. The molecule has 0 bridgehead atoms. The van der Waals surface area contributed by atoms with E-state index in [9.17, 15) is 4.79 Å². The summed E-state index contributed by atoms with van der Waals surface area (Å²) >= 11 is 0. The lowest BCUT2D eigenvalue weighted by atomic mass is 10.2. The number of esters is 1. The first kappa shape index (κ1) is 9.71. The highest BCUT2D eigenvalue weighted by Crippen LogP contribution is 2.20. The first-order chi connectivity index (χ1) is 7.26. The van der Waals surface area contributed by atoms with Gasteiger partial charge in [0.25, 0.3) is 0 Å². The van der Waals surface area contributed by atoms with Gasteiger partial charge in [-0.15, -0.1) is 0 Å². The molecular formula is C11H11NO3. The number of hydrogen-bond donors (Lipinski definition) is 0. The molecule has 0 N–H and O–H groups in total. The van der Waals surface area contributed by atoms with Crippen molar-refractivity contribution in [3.63, 3.8) is 0 Å². The van der Waals surface area contributed by atoms with Gasteiger partial charge in [-0.2, -0.15) is 0 Å². The van der Waals surface area contributed by atoms with Crippen LogP contribution in [-0.4, -0.2) is 18.1 Å². The lowest BCUT2D eigenvalue weighted by Gasteiger charge is -1.97. The molecule has 1 aromatic heterocycles. The maximum Gasteiger partial charge on any atom is 0.341 e. The molecule has 0 spiro atoms. The molecular weight excluding hydrogens is 194 g/mol. The number of oxazole rings is 1. The van der Waals surface area contributed by atoms with Crippen LogP contribution in [0.15, 0.2) is 22.6 Å². The lowest BCUT2D eigenvalue weighted by molar-refractivity contribution is 0.0601. The van der Waals surface area contributed by atoms with E-state index >= 15 is 0 Å². The van der Waals surface area contributed by atoms with Crippen molar-refractivity contribution in [2.45, 2.75) is 13.3 Å². The summed E-state index contributed by atoms with van der Waals surface area (Å²) in [7, 11) is 1.35. The monoisotopic (exact) mass is 205 g/mol. The van der Waals surface area contributed by atoms with Gasteiger partial charge in [0.1, 0.15) is 11.1 Å². The summed E-state index contributed by atoms with van der Waals surface area (Å²) in [6, 6.07) is 5.24. The normalized spacial score (nSPS) is 10.5. The Kier molecular flexibility index (Phi) is 2.41. The first-order valence-corrected chi connectivity index (χ1v) is 4.73. The molecule has 0 fully saturated rings. The van der Waals surface area contributed by atoms with Crippen LogP contribution in [0, 0.1) is 0 Å². The molecule has 4 nitrogen and oxygen atoms in total. The predicted molar refractivity (Wildman–Crippen MR) is 54.7 cm³/mol. The first-order valence-electron chi connectivity index (χ1n) is 4.73. The third kappa shape index (κ3) is 1.58. The molecule has 0 atom stereocenters. The molecule has 2 rings (SSSR count). The number of aromatic nitrogens is 1. The average Bonchev–Trinajstić information content (AvgIpc) is 2.70. The fourth-order valence-corrected chi connectivity index (χ4v) is 1.42. The number of carbonyl (C=O) groups excluding carboxylic acids is 1. The Hall–Kier alpha value is -1.84. The molecule has 1 aromatic carbocycles. The molecule has 0 aliphatic heterocycles. The van der Waals surface area contributed by atoms with Crippen molar-refractivity contribution < 1.29 is 13.9 Å². The van der Waals surface area contributed by atoms with E-state index in [2.05, 4.69) is 9.72 Å². The Labute approximate surface area is 86.9 Å². The van der Waals surface area contributed by atoms with Gasteiger partial charge in [0.2, 0.25) is 0 Å². The summed E-state index contributed by atoms with van der Waals surface area (Å²) in [4.78, 5) is 15.6. The van der Waals surface area contributed by atoms with Crippen LogP contribution in [0.25, 0.3) is 11.1 Å². The molecule has 0 radical (unpaired) electrons. The van der Waals surface area contributed by atoms with Crippen molar-refractivity contribution in [2.24, 2.45) is 0 Å². The van der Waals surface area contributed by atoms with Crippen LogP contribution < -0.4 is 0 Å². The van der Waals surface area contributed by atoms with Crippen molar-refractivity contribution in [3.05, 3.63) is 29.7 Å².